The van der Waals surface area contributed by atoms with Crippen molar-refractivity contribution in [3.8, 4) is 5.75 Å². The number of benzene rings is 1. The molecule has 0 heterocycles. The van der Waals surface area contributed by atoms with Crippen molar-refractivity contribution in [1.29, 1.82) is 0 Å². The van der Waals surface area contributed by atoms with Gasteiger partial charge in [0.2, 0.25) is 0 Å². The van der Waals surface area contributed by atoms with Crippen molar-refractivity contribution in [2.75, 3.05) is 6.61 Å². The van der Waals surface area contributed by atoms with Gasteiger partial charge in [-0.15, -0.1) is 12.1 Å². The summed E-state index contributed by atoms with van der Waals surface area (Å²) in [5, 5.41) is 10.1. The van der Waals surface area contributed by atoms with E-state index in [4.69, 9.17) is 4.74 Å². The summed E-state index contributed by atoms with van der Waals surface area (Å²) < 4.78 is 5.46. The first-order valence-corrected chi connectivity index (χ1v) is 5.19. The zero-order valence-electron chi connectivity index (χ0n) is 9.18. The minimum atomic E-state index is -0.605. The molecule has 0 aliphatic carbocycles. The van der Waals surface area contributed by atoms with Crippen LogP contribution in [0.5, 0.6) is 5.75 Å². The van der Waals surface area contributed by atoms with E-state index in [-0.39, 0.29) is 0 Å². The van der Waals surface area contributed by atoms with Crippen molar-refractivity contribution in [1.82, 2.24) is 0 Å². The Morgan fingerprint density at radius 3 is 2.69 bits per heavy atom. The number of ether oxygens (including phenoxy) is 1. The number of rotatable bonds is 6. The van der Waals surface area contributed by atoms with Crippen LogP contribution < -0.4 is 4.74 Å². The molecule has 0 fully saturated rings. The maximum atomic E-state index is 10.1. The van der Waals surface area contributed by atoms with Crippen molar-refractivity contribution < 1.29 is 9.66 Å². The molecule has 0 atom stereocenters. The Hall–Kier alpha value is -1.84. The zero-order valence-corrected chi connectivity index (χ0v) is 9.18. The Bertz CT molecular complexity index is 357. The topological polar surface area (TPSA) is 52.4 Å². The van der Waals surface area contributed by atoms with E-state index in [1.807, 2.05) is 6.20 Å². The molecule has 0 N–H and O–H groups in total. The van der Waals surface area contributed by atoms with E-state index in [1.54, 1.807) is 24.3 Å². The van der Waals surface area contributed by atoms with Gasteiger partial charge in [-0.2, -0.15) is 11.6 Å². The van der Waals surface area contributed by atoms with E-state index >= 15 is 0 Å². The van der Waals surface area contributed by atoms with Gasteiger partial charge in [0, 0.05) is 0 Å². The van der Waals surface area contributed by atoms with Gasteiger partial charge >= 0.3 is 0 Å². The molecule has 0 amide bonds. The first kappa shape index (κ1) is 12.2. The van der Waals surface area contributed by atoms with Gasteiger partial charge in [0.05, 0.1) is 6.61 Å². The van der Waals surface area contributed by atoms with Crippen LogP contribution in [0.2, 0.25) is 0 Å². The minimum Gasteiger partial charge on any atom is -0.494 e. The fourth-order valence-corrected chi connectivity index (χ4v) is 1.12. The third kappa shape index (κ3) is 4.59. The number of hydrogen-bond donors (Lipinski definition) is 0. The molecule has 0 aliphatic rings. The highest BCUT2D eigenvalue weighted by molar-refractivity contribution is 5.47. The Morgan fingerprint density at radius 2 is 2.12 bits per heavy atom. The van der Waals surface area contributed by atoms with E-state index in [9.17, 15) is 10.1 Å². The fraction of sp³-hybridized carbons (Fsp3) is 0.333. The van der Waals surface area contributed by atoms with Gasteiger partial charge in [0.25, 0.3) is 0 Å². The molecule has 0 aromatic heterocycles. The average molecular weight is 220 g/mol. The van der Waals surface area contributed by atoms with E-state index < -0.39 is 4.92 Å². The highest BCUT2D eigenvalue weighted by Crippen LogP contribution is 2.13. The number of unbranched alkanes of at least 4 members (excludes halogenated alkanes) is 1. The molecule has 86 valence electrons. The first-order valence-electron chi connectivity index (χ1n) is 5.19. The average Bonchev–Trinajstić information content (AvgIpc) is 2.28. The molecule has 0 saturated carbocycles. The summed E-state index contributed by atoms with van der Waals surface area (Å²) in [6.07, 6.45) is 5.44. The summed E-state index contributed by atoms with van der Waals surface area (Å²) in [6, 6.07) is 7.11. The van der Waals surface area contributed by atoms with Crippen LogP contribution in [0.15, 0.2) is 24.3 Å². The third-order valence-electron chi connectivity index (χ3n) is 1.98. The van der Waals surface area contributed by atoms with E-state index in [0.717, 1.165) is 24.2 Å². The maximum Gasteiger partial charge on any atom is 0.121 e. The molecule has 1 aromatic carbocycles. The molecule has 1 rings (SSSR count). The Kier molecular flexibility index (Phi) is 5.05. The van der Waals surface area contributed by atoms with Crippen LogP contribution >= 0.6 is 0 Å². The molecular weight excluding hydrogens is 206 g/mol. The summed E-state index contributed by atoms with van der Waals surface area (Å²) in [5.74, 6) is 0.784. The SMILES string of the molecule is CCCCOc1ccc(C=[C-][N+](=O)[O-])cc1. The molecular formula is C12H14NO3-. The van der Waals surface area contributed by atoms with Crippen LogP contribution in [0.4, 0.5) is 0 Å². The summed E-state index contributed by atoms with van der Waals surface area (Å²) in [4.78, 5) is 9.45. The highest BCUT2D eigenvalue weighted by atomic mass is 16.6. The number of nitrogens with zero attached hydrogens (tertiary/aromatic N) is 1. The molecule has 0 radical (unpaired) electrons. The summed E-state index contributed by atoms with van der Waals surface area (Å²) >= 11 is 0. The highest BCUT2D eigenvalue weighted by Gasteiger charge is 1.90. The lowest BCUT2D eigenvalue weighted by Crippen LogP contribution is -1.95. The van der Waals surface area contributed by atoms with Gasteiger partial charge in [-0.25, -0.2) is 0 Å². The lowest BCUT2D eigenvalue weighted by Gasteiger charge is -2.07. The predicted molar refractivity (Wildman–Crippen MR) is 61.5 cm³/mol. The van der Waals surface area contributed by atoms with Gasteiger partial charge < -0.3 is 4.74 Å². The Labute approximate surface area is 94.7 Å². The smallest absolute Gasteiger partial charge is 0.121 e. The molecule has 16 heavy (non-hydrogen) atoms. The van der Waals surface area contributed by atoms with Crippen LogP contribution in [-0.2, 0) is 0 Å². The quantitative estimate of drug-likeness (QED) is 0.243. The van der Waals surface area contributed by atoms with Crippen molar-refractivity contribution in [2.24, 2.45) is 0 Å². The number of hydrogen-bond acceptors (Lipinski definition) is 3. The van der Waals surface area contributed by atoms with E-state index in [1.165, 1.54) is 6.08 Å². The largest absolute Gasteiger partial charge is 0.494 e. The van der Waals surface area contributed by atoms with Crippen LogP contribution in [0.25, 0.3) is 6.08 Å². The number of nitro groups is 1. The van der Waals surface area contributed by atoms with Gasteiger partial charge in [-0.1, -0.05) is 13.3 Å². The molecule has 0 aliphatic heterocycles. The summed E-state index contributed by atoms with van der Waals surface area (Å²) in [5.41, 5.74) is 0.736. The molecule has 0 saturated heterocycles. The molecule has 0 bridgehead atoms. The standard InChI is InChI=1S/C12H14NO3/c1-2-3-10-16-12-6-4-11(5-7-12)8-9-13(14)15/h4-8H,2-3,10H2,1H3/q-1. The second-order valence-electron chi connectivity index (χ2n) is 3.30. The minimum absolute atomic E-state index is 0.605. The molecule has 1 aromatic rings. The molecule has 0 unspecified atom stereocenters. The molecule has 4 heteroatoms. The van der Waals surface area contributed by atoms with Crippen molar-refractivity contribution in [2.45, 2.75) is 19.8 Å². The lowest BCUT2D eigenvalue weighted by atomic mass is 10.2. The normalized spacial score (nSPS) is 10.6. The van der Waals surface area contributed by atoms with Gasteiger partial charge in [-0.3, -0.25) is 10.1 Å². The second kappa shape index (κ2) is 6.61. The summed E-state index contributed by atoms with van der Waals surface area (Å²) in [6.45, 7) is 2.80. The first-order chi connectivity index (χ1) is 7.72. The zero-order chi connectivity index (χ0) is 11.8. The van der Waals surface area contributed by atoms with Crippen LogP contribution in [-0.4, -0.2) is 11.5 Å². The van der Waals surface area contributed by atoms with Crippen LogP contribution in [0, 0.1) is 16.3 Å². The van der Waals surface area contributed by atoms with Gasteiger partial charge in [0.1, 0.15) is 11.9 Å². The Morgan fingerprint density at radius 1 is 1.44 bits per heavy atom. The van der Waals surface area contributed by atoms with Crippen molar-refractivity contribution >= 4 is 6.08 Å². The van der Waals surface area contributed by atoms with Crippen LogP contribution in [0.3, 0.4) is 0 Å². The van der Waals surface area contributed by atoms with Crippen molar-refractivity contribution in [3.05, 3.63) is 46.1 Å². The van der Waals surface area contributed by atoms with E-state index in [2.05, 4.69) is 6.92 Å². The summed E-state index contributed by atoms with van der Waals surface area (Å²) in [7, 11) is 0. The fourth-order valence-electron chi connectivity index (χ4n) is 1.12. The van der Waals surface area contributed by atoms with Crippen LogP contribution in [0.1, 0.15) is 25.3 Å². The molecule has 0 spiro atoms. The molecule has 4 nitrogen and oxygen atoms in total. The monoisotopic (exact) mass is 220 g/mol. The Balaban J connectivity index is 2.51. The predicted octanol–water partition coefficient (Wildman–Crippen LogP) is 2.92. The van der Waals surface area contributed by atoms with E-state index in [0.29, 0.717) is 6.61 Å². The second-order valence-corrected chi connectivity index (χ2v) is 3.30. The van der Waals surface area contributed by atoms with Gasteiger partial charge in [0.15, 0.2) is 0 Å². The van der Waals surface area contributed by atoms with Gasteiger partial charge in [-0.05, 0) is 23.5 Å². The van der Waals surface area contributed by atoms with Crippen molar-refractivity contribution in [3.63, 3.8) is 0 Å². The maximum absolute atomic E-state index is 10.1. The lowest BCUT2D eigenvalue weighted by molar-refractivity contribution is -0.417. The third-order valence-corrected chi connectivity index (χ3v) is 1.98.